The topological polar surface area (TPSA) is 101 Å². The zero-order valence-corrected chi connectivity index (χ0v) is 16.1. The minimum Gasteiger partial charge on any atom is -0.452 e. The first-order valence-electron chi connectivity index (χ1n) is 8.44. The van der Waals surface area contributed by atoms with Crippen molar-refractivity contribution < 1.29 is 27.5 Å². The Balaban J connectivity index is 1.94. The molecule has 1 aromatic rings. The first-order valence-corrected chi connectivity index (χ1v) is 9.88. The molecule has 0 spiro atoms. The lowest BCUT2D eigenvalue weighted by atomic mass is 10.2. The van der Waals surface area contributed by atoms with Crippen LogP contribution in [0.15, 0.2) is 41.3 Å². The number of benzene rings is 1. The number of ketones is 1. The fourth-order valence-electron chi connectivity index (χ4n) is 2.60. The molecular formula is C18H22N2O6S. The van der Waals surface area contributed by atoms with Crippen molar-refractivity contribution in [3.63, 3.8) is 0 Å². The second kappa shape index (κ2) is 8.92. The molecule has 146 valence electrons. The number of Topliss-reactive ketones (excluding diaryl/α,β-unsaturated/α-hetero) is 1. The van der Waals surface area contributed by atoms with E-state index in [0.717, 1.165) is 0 Å². The summed E-state index contributed by atoms with van der Waals surface area (Å²) in [4.78, 5) is 36.2. The molecule has 1 saturated heterocycles. The highest BCUT2D eigenvalue weighted by Gasteiger charge is 2.30. The first kappa shape index (κ1) is 20.8. The molecule has 9 heteroatoms. The van der Waals surface area contributed by atoms with Crippen molar-refractivity contribution in [1.29, 1.82) is 0 Å². The van der Waals surface area contributed by atoms with Gasteiger partial charge in [-0.25, -0.2) is 13.2 Å². The predicted octanol–water partition coefficient (Wildman–Crippen LogP) is 0.841. The van der Waals surface area contributed by atoms with E-state index in [9.17, 15) is 22.8 Å². The van der Waals surface area contributed by atoms with Gasteiger partial charge in [0.2, 0.25) is 10.0 Å². The van der Waals surface area contributed by atoms with Gasteiger partial charge in [0.15, 0.2) is 12.4 Å². The minimum absolute atomic E-state index is 0.104. The summed E-state index contributed by atoms with van der Waals surface area (Å²) in [5.41, 5.74) is 0.442. The molecule has 0 bridgehead atoms. The zero-order valence-electron chi connectivity index (χ0n) is 15.3. The van der Waals surface area contributed by atoms with E-state index in [1.165, 1.54) is 52.5 Å². The number of esters is 1. The van der Waals surface area contributed by atoms with Crippen LogP contribution in [0.4, 0.5) is 0 Å². The Kier molecular flexibility index (Phi) is 6.86. The van der Waals surface area contributed by atoms with Gasteiger partial charge in [-0.1, -0.05) is 18.2 Å². The molecule has 1 aliphatic heterocycles. The van der Waals surface area contributed by atoms with Crippen LogP contribution in [0.25, 0.3) is 0 Å². The Morgan fingerprint density at radius 1 is 1.07 bits per heavy atom. The average molecular weight is 394 g/mol. The van der Waals surface area contributed by atoms with E-state index in [-0.39, 0.29) is 49.4 Å². The molecule has 0 aromatic heterocycles. The summed E-state index contributed by atoms with van der Waals surface area (Å²) < 4.78 is 31.5. The second-order valence-corrected chi connectivity index (χ2v) is 7.91. The molecule has 0 N–H and O–H groups in total. The number of allylic oxidation sites excluding steroid dienone is 1. The Hall–Kier alpha value is -2.52. The smallest absolute Gasteiger partial charge is 0.330 e. The third kappa shape index (κ3) is 5.24. The monoisotopic (exact) mass is 394 g/mol. The van der Waals surface area contributed by atoms with Crippen molar-refractivity contribution in [2.75, 3.05) is 32.8 Å². The molecule has 0 aliphatic carbocycles. The number of carbonyl (C=O) groups excluding carboxylic acids is 3. The third-order valence-electron chi connectivity index (χ3n) is 4.13. The molecule has 2 rings (SSSR count). The SMILES string of the molecule is C/C=C/C(=O)OCC(=O)N1CCN(S(=O)(=O)c2ccc(C(C)=O)cc2)CC1. The van der Waals surface area contributed by atoms with Crippen LogP contribution in [0.5, 0.6) is 0 Å². The normalized spacial score (nSPS) is 15.7. The van der Waals surface area contributed by atoms with Crippen LogP contribution in [0.1, 0.15) is 24.2 Å². The van der Waals surface area contributed by atoms with Gasteiger partial charge in [-0.3, -0.25) is 9.59 Å². The van der Waals surface area contributed by atoms with Crippen LogP contribution in [-0.2, 0) is 24.3 Å². The summed E-state index contributed by atoms with van der Waals surface area (Å²) in [5, 5.41) is 0. The van der Waals surface area contributed by atoms with Crippen LogP contribution < -0.4 is 0 Å². The van der Waals surface area contributed by atoms with E-state index in [4.69, 9.17) is 4.74 Å². The van der Waals surface area contributed by atoms with E-state index in [0.29, 0.717) is 5.56 Å². The third-order valence-corrected chi connectivity index (χ3v) is 6.04. The molecule has 0 unspecified atom stereocenters. The average Bonchev–Trinajstić information content (AvgIpc) is 2.66. The number of piperazine rings is 1. The highest BCUT2D eigenvalue weighted by Crippen LogP contribution is 2.18. The number of sulfonamides is 1. The maximum absolute atomic E-state index is 12.7. The van der Waals surface area contributed by atoms with Crippen LogP contribution in [-0.4, -0.2) is 68.1 Å². The standard InChI is InChI=1S/C18H22N2O6S/c1-3-4-18(23)26-13-17(22)19-9-11-20(12-10-19)27(24,25)16-7-5-15(6-8-16)14(2)21/h3-8H,9-13H2,1-2H3/b4-3+. The van der Waals surface area contributed by atoms with Gasteiger partial charge >= 0.3 is 5.97 Å². The van der Waals surface area contributed by atoms with Crippen LogP contribution in [0, 0.1) is 0 Å². The maximum atomic E-state index is 12.7. The largest absolute Gasteiger partial charge is 0.452 e. The number of nitrogens with zero attached hydrogens (tertiary/aromatic N) is 2. The van der Waals surface area contributed by atoms with Crippen molar-refractivity contribution in [3.8, 4) is 0 Å². The molecule has 1 heterocycles. The fourth-order valence-corrected chi connectivity index (χ4v) is 4.02. The highest BCUT2D eigenvalue weighted by atomic mass is 32.2. The molecule has 1 aromatic carbocycles. The van der Waals surface area contributed by atoms with Gasteiger partial charge in [0.05, 0.1) is 4.90 Å². The zero-order chi connectivity index (χ0) is 20.0. The van der Waals surface area contributed by atoms with Gasteiger partial charge < -0.3 is 9.64 Å². The van der Waals surface area contributed by atoms with E-state index in [1.807, 2.05) is 0 Å². The molecule has 8 nitrogen and oxygen atoms in total. The van der Waals surface area contributed by atoms with Gasteiger partial charge in [-0.15, -0.1) is 0 Å². The summed E-state index contributed by atoms with van der Waals surface area (Å²) in [5.74, 6) is -1.10. The Bertz CT molecular complexity index is 837. The minimum atomic E-state index is -3.70. The predicted molar refractivity (Wildman–Crippen MR) is 97.6 cm³/mol. The first-order chi connectivity index (χ1) is 12.8. The molecule has 1 amide bonds. The number of hydrogen-bond donors (Lipinski definition) is 0. The van der Waals surface area contributed by atoms with Gasteiger partial charge in [-0.2, -0.15) is 4.31 Å². The molecule has 1 aliphatic rings. The molecule has 27 heavy (non-hydrogen) atoms. The second-order valence-electron chi connectivity index (χ2n) is 5.97. The Labute approximate surface area is 158 Å². The highest BCUT2D eigenvalue weighted by molar-refractivity contribution is 7.89. The lowest BCUT2D eigenvalue weighted by Gasteiger charge is -2.33. The van der Waals surface area contributed by atoms with Gasteiger partial charge in [0, 0.05) is 37.8 Å². The summed E-state index contributed by atoms with van der Waals surface area (Å²) in [6.45, 7) is 3.42. The van der Waals surface area contributed by atoms with Crippen LogP contribution in [0.2, 0.25) is 0 Å². The quantitative estimate of drug-likeness (QED) is 0.403. The van der Waals surface area contributed by atoms with Crippen molar-refractivity contribution in [1.82, 2.24) is 9.21 Å². The Morgan fingerprint density at radius 3 is 2.19 bits per heavy atom. The summed E-state index contributed by atoms with van der Waals surface area (Å²) in [6, 6.07) is 5.77. The van der Waals surface area contributed by atoms with E-state index >= 15 is 0 Å². The van der Waals surface area contributed by atoms with Gasteiger partial charge in [-0.05, 0) is 26.0 Å². The molecule has 0 radical (unpaired) electrons. The lowest BCUT2D eigenvalue weighted by Crippen LogP contribution is -2.51. The van der Waals surface area contributed by atoms with Gasteiger partial charge in [0.1, 0.15) is 0 Å². The molecule has 1 fully saturated rings. The number of rotatable bonds is 6. The molecule has 0 atom stereocenters. The summed E-state index contributed by atoms with van der Waals surface area (Å²) >= 11 is 0. The van der Waals surface area contributed by atoms with Crippen LogP contribution >= 0.6 is 0 Å². The molecule has 0 saturated carbocycles. The number of ether oxygens (including phenoxy) is 1. The number of hydrogen-bond acceptors (Lipinski definition) is 6. The van der Waals surface area contributed by atoms with Gasteiger partial charge in [0.25, 0.3) is 5.91 Å². The van der Waals surface area contributed by atoms with Crippen molar-refractivity contribution in [2.45, 2.75) is 18.7 Å². The lowest BCUT2D eigenvalue weighted by molar-refractivity contribution is -0.148. The number of carbonyl (C=O) groups is 3. The van der Waals surface area contributed by atoms with Crippen molar-refractivity contribution in [2.24, 2.45) is 0 Å². The summed E-state index contributed by atoms with van der Waals surface area (Å²) in [7, 11) is -3.70. The van der Waals surface area contributed by atoms with E-state index in [2.05, 4.69) is 0 Å². The number of amides is 1. The maximum Gasteiger partial charge on any atom is 0.330 e. The molecular weight excluding hydrogens is 372 g/mol. The van der Waals surface area contributed by atoms with Crippen molar-refractivity contribution in [3.05, 3.63) is 42.0 Å². The Morgan fingerprint density at radius 2 is 1.67 bits per heavy atom. The fraction of sp³-hybridized carbons (Fsp3) is 0.389. The van der Waals surface area contributed by atoms with E-state index in [1.54, 1.807) is 6.92 Å². The van der Waals surface area contributed by atoms with Crippen molar-refractivity contribution >= 4 is 27.7 Å². The summed E-state index contributed by atoms with van der Waals surface area (Å²) in [6.07, 6.45) is 2.73. The van der Waals surface area contributed by atoms with E-state index < -0.39 is 16.0 Å². The van der Waals surface area contributed by atoms with Crippen LogP contribution in [0.3, 0.4) is 0 Å².